The first-order valence-corrected chi connectivity index (χ1v) is 9.65. The number of hydrogen-bond acceptors (Lipinski definition) is 2. The summed E-state index contributed by atoms with van der Waals surface area (Å²) in [5.41, 5.74) is 4.32. The van der Waals surface area contributed by atoms with Gasteiger partial charge in [-0.3, -0.25) is 9.59 Å². The summed E-state index contributed by atoms with van der Waals surface area (Å²) in [6.45, 7) is 7.21. The Morgan fingerprint density at radius 3 is 2.41 bits per heavy atom. The van der Waals surface area contributed by atoms with E-state index in [4.69, 9.17) is 0 Å². The molecule has 4 heteroatoms. The van der Waals surface area contributed by atoms with Gasteiger partial charge in [-0.25, -0.2) is 0 Å². The van der Waals surface area contributed by atoms with Crippen molar-refractivity contribution in [2.75, 3.05) is 16.8 Å². The highest BCUT2D eigenvalue weighted by Crippen LogP contribution is 2.43. The number of rotatable bonds is 3. The van der Waals surface area contributed by atoms with Crippen LogP contribution in [0.5, 0.6) is 0 Å². The maximum atomic E-state index is 12.8. The number of anilines is 2. The third kappa shape index (κ3) is 3.48. The largest absolute Gasteiger partial charge is 0.326 e. The van der Waals surface area contributed by atoms with Crippen LogP contribution < -0.4 is 10.2 Å². The van der Waals surface area contributed by atoms with Gasteiger partial charge >= 0.3 is 0 Å². The standard InChI is InChI=1S/C23H26N2O2/c1-23(2,3)16-8-10-17(11-9-16)24-21(26)18-14-19(18)22(27)25-13-12-15-6-4-5-7-20(15)25/h4-11,18-19H,12-14H2,1-3H3,(H,24,26). The highest BCUT2D eigenvalue weighted by molar-refractivity contribution is 6.05. The normalized spacial score (nSPS) is 20.9. The molecule has 4 rings (SSSR count). The van der Waals surface area contributed by atoms with E-state index >= 15 is 0 Å². The van der Waals surface area contributed by atoms with Crippen LogP contribution in [0.3, 0.4) is 0 Å². The van der Waals surface area contributed by atoms with E-state index in [-0.39, 0.29) is 29.1 Å². The van der Waals surface area contributed by atoms with Crippen molar-refractivity contribution >= 4 is 23.2 Å². The van der Waals surface area contributed by atoms with Crippen molar-refractivity contribution in [1.82, 2.24) is 0 Å². The van der Waals surface area contributed by atoms with Crippen molar-refractivity contribution in [3.63, 3.8) is 0 Å². The third-order valence-electron chi connectivity index (χ3n) is 5.62. The molecule has 0 saturated heterocycles. The van der Waals surface area contributed by atoms with Crippen LogP contribution in [-0.4, -0.2) is 18.4 Å². The van der Waals surface area contributed by atoms with Crippen LogP contribution in [0.15, 0.2) is 48.5 Å². The number of fused-ring (bicyclic) bond motifs is 1. The quantitative estimate of drug-likeness (QED) is 0.892. The van der Waals surface area contributed by atoms with Gasteiger partial charge in [0.2, 0.25) is 11.8 Å². The highest BCUT2D eigenvalue weighted by Gasteiger charge is 2.50. The Labute approximate surface area is 160 Å². The van der Waals surface area contributed by atoms with Crippen LogP contribution in [-0.2, 0) is 21.4 Å². The Kier molecular flexibility index (Phi) is 4.29. The number of carbonyl (C=O) groups excluding carboxylic acids is 2. The summed E-state index contributed by atoms with van der Waals surface area (Å²) in [6, 6.07) is 16.0. The lowest BCUT2D eigenvalue weighted by atomic mass is 9.87. The summed E-state index contributed by atoms with van der Waals surface area (Å²) in [6.07, 6.45) is 1.54. The van der Waals surface area contributed by atoms with Gasteiger partial charge in [-0.05, 0) is 47.6 Å². The molecule has 4 nitrogen and oxygen atoms in total. The van der Waals surface area contributed by atoms with Crippen LogP contribution in [0, 0.1) is 11.8 Å². The second-order valence-corrected chi connectivity index (χ2v) is 8.63. The van der Waals surface area contributed by atoms with Gasteiger partial charge in [0.1, 0.15) is 0 Å². The first kappa shape index (κ1) is 17.8. The summed E-state index contributed by atoms with van der Waals surface area (Å²) < 4.78 is 0. The SMILES string of the molecule is CC(C)(C)c1ccc(NC(=O)C2CC2C(=O)N2CCc3ccccc32)cc1. The number of hydrogen-bond donors (Lipinski definition) is 1. The summed E-state index contributed by atoms with van der Waals surface area (Å²) in [5, 5.41) is 2.97. The van der Waals surface area contributed by atoms with Gasteiger partial charge in [0, 0.05) is 17.9 Å². The van der Waals surface area contributed by atoms with E-state index in [1.807, 2.05) is 47.4 Å². The molecular weight excluding hydrogens is 336 g/mol. The zero-order valence-electron chi connectivity index (χ0n) is 16.2. The van der Waals surface area contributed by atoms with Gasteiger partial charge < -0.3 is 10.2 Å². The first-order chi connectivity index (χ1) is 12.8. The number of nitrogens with one attached hydrogen (secondary N) is 1. The molecular formula is C23H26N2O2. The van der Waals surface area contributed by atoms with Crippen molar-refractivity contribution in [2.24, 2.45) is 11.8 Å². The molecule has 0 spiro atoms. The van der Waals surface area contributed by atoms with Crippen LogP contribution in [0.25, 0.3) is 0 Å². The minimum Gasteiger partial charge on any atom is -0.326 e. The average molecular weight is 362 g/mol. The molecule has 2 aromatic rings. The van der Waals surface area contributed by atoms with Gasteiger partial charge in [-0.15, -0.1) is 0 Å². The molecule has 0 aromatic heterocycles. The third-order valence-corrected chi connectivity index (χ3v) is 5.62. The second-order valence-electron chi connectivity index (χ2n) is 8.63. The van der Waals surface area contributed by atoms with Crippen molar-refractivity contribution in [3.8, 4) is 0 Å². The summed E-state index contributed by atoms with van der Waals surface area (Å²) >= 11 is 0. The summed E-state index contributed by atoms with van der Waals surface area (Å²) in [5.74, 6) is -0.370. The first-order valence-electron chi connectivity index (χ1n) is 9.65. The smallest absolute Gasteiger partial charge is 0.230 e. The monoisotopic (exact) mass is 362 g/mol. The highest BCUT2D eigenvalue weighted by atomic mass is 16.2. The molecule has 27 heavy (non-hydrogen) atoms. The van der Waals surface area contributed by atoms with E-state index in [0.717, 1.165) is 24.3 Å². The minimum atomic E-state index is -0.215. The lowest BCUT2D eigenvalue weighted by molar-refractivity contribution is -0.123. The fraction of sp³-hybridized carbons (Fsp3) is 0.391. The fourth-order valence-corrected chi connectivity index (χ4v) is 3.81. The van der Waals surface area contributed by atoms with Gasteiger partial charge in [-0.1, -0.05) is 51.1 Å². The number of carbonyl (C=O) groups is 2. The topological polar surface area (TPSA) is 49.4 Å². The summed E-state index contributed by atoms with van der Waals surface area (Å²) in [7, 11) is 0. The molecule has 2 aromatic carbocycles. The molecule has 1 saturated carbocycles. The maximum Gasteiger partial charge on any atom is 0.230 e. The molecule has 1 aliphatic carbocycles. The molecule has 1 aliphatic heterocycles. The predicted octanol–water partition coefficient (Wildman–Crippen LogP) is 4.15. The zero-order valence-corrected chi connectivity index (χ0v) is 16.2. The van der Waals surface area contributed by atoms with Gasteiger partial charge in [0.15, 0.2) is 0 Å². The van der Waals surface area contributed by atoms with E-state index < -0.39 is 0 Å². The predicted molar refractivity (Wildman–Crippen MR) is 108 cm³/mol. The molecule has 140 valence electrons. The van der Waals surface area contributed by atoms with Crippen LogP contribution in [0.4, 0.5) is 11.4 Å². The molecule has 2 atom stereocenters. The number of amides is 2. The Balaban J connectivity index is 1.37. The zero-order chi connectivity index (χ0) is 19.2. The van der Waals surface area contributed by atoms with E-state index in [9.17, 15) is 9.59 Å². The van der Waals surface area contributed by atoms with E-state index in [1.54, 1.807) is 0 Å². The summed E-state index contributed by atoms with van der Waals surface area (Å²) in [4.78, 5) is 27.2. The Hall–Kier alpha value is -2.62. The van der Waals surface area contributed by atoms with Crippen molar-refractivity contribution in [2.45, 2.75) is 39.0 Å². The van der Waals surface area contributed by atoms with Gasteiger partial charge in [0.25, 0.3) is 0 Å². The van der Waals surface area contributed by atoms with Crippen molar-refractivity contribution in [1.29, 1.82) is 0 Å². The van der Waals surface area contributed by atoms with Gasteiger partial charge in [-0.2, -0.15) is 0 Å². The second kappa shape index (κ2) is 6.52. The number of benzene rings is 2. The molecule has 1 fully saturated rings. The molecule has 0 bridgehead atoms. The van der Waals surface area contributed by atoms with Crippen molar-refractivity contribution < 1.29 is 9.59 Å². The lowest BCUT2D eigenvalue weighted by Gasteiger charge is -2.19. The molecule has 2 amide bonds. The number of nitrogens with zero attached hydrogens (tertiary/aromatic N) is 1. The molecule has 2 aliphatic rings. The van der Waals surface area contributed by atoms with E-state index in [1.165, 1.54) is 11.1 Å². The molecule has 1 heterocycles. The Bertz CT molecular complexity index is 880. The molecule has 2 unspecified atom stereocenters. The molecule has 0 radical (unpaired) electrons. The maximum absolute atomic E-state index is 12.8. The van der Waals surface area contributed by atoms with Crippen LogP contribution in [0.2, 0.25) is 0 Å². The lowest BCUT2D eigenvalue weighted by Crippen LogP contribution is -2.31. The average Bonchev–Trinajstić information content (AvgIpc) is 3.33. The van der Waals surface area contributed by atoms with Gasteiger partial charge in [0.05, 0.1) is 11.8 Å². The van der Waals surface area contributed by atoms with Crippen molar-refractivity contribution in [3.05, 3.63) is 59.7 Å². The molecule has 1 N–H and O–H groups in total. The van der Waals surface area contributed by atoms with E-state index in [0.29, 0.717) is 6.42 Å². The number of para-hydroxylation sites is 1. The van der Waals surface area contributed by atoms with Crippen LogP contribution >= 0.6 is 0 Å². The van der Waals surface area contributed by atoms with E-state index in [2.05, 4.69) is 32.2 Å². The Morgan fingerprint density at radius 2 is 1.70 bits per heavy atom. The van der Waals surface area contributed by atoms with Crippen LogP contribution in [0.1, 0.15) is 38.3 Å². The Morgan fingerprint density at radius 1 is 1.00 bits per heavy atom. The fourth-order valence-electron chi connectivity index (χ4n) is 3.81. The minimum absolute atomic E-state index is 0.0515.